The minimum Gasteiger partial charge on any atom is -0.302 e. The monoisotopic (exact) mass is 369 g/mol. The van der Waals surface area contributed by atoms with Crippen molar-refractivity contribution in [1.82, 2.24) is 23.6 Å². The first-order valence-corrected chi connectivity index (χ1v) is 9.32. The Bertz CT molecular complexity index is 1030. The van der Waals surface area contributed by atoms with E-state index in [0.29, 0.717) is 6.54 Å². The number of nitrogens with zero attached hydrogens (tertiary/aromatic N) is 4. The molecule has 0 radical (unpaired) electrons. The lowest BCUT2D eigenvalue weighted by atomic mass is 10.1. The Balaban J connectivity index is 2.49. The molecule has 1 unspecified atom stereocenters. The second-order valence-corrected chi connectivity index (χ2v) is 7.68. The molecule has 2 aromatic heterocycles. The summed E-state index contributed by atoms with van der Waals surface area (Å²) in [6.45, 7) is 8.00. The standard InChI is InChI=1S/C15H23N5O4S/c1-7-20-11(4)13(9(2)16-20)10(3)17-25(23,24)12-8-18(5)15(22)19(6)14(12)21/h8,10,17H,7H2,1-6H3. The summed E-state index contributed by atoms with van der Waals surface area (Å²) in [5.74, 6) is 0. The van der Waals surface area contributed by atoms with E-state index in [-0.39, 0.29) is 0 Å². The van der Waals surface area contributed by atoms with E-state index in [1.165, 1.54) is 14.1 Å². The summed E-state index contributed by atoms with van der Waals surface area (Å²) in [6, 6.07) is -0.577. The minimum absolute atomic E-state index is 0.470. The van der Waals surface area contributed by atoms with Crippen LogP contribution in [0.5, 0.6) is 0 Å². The molecule has 0 spiro atoms. The van der Waals surface area contributed by atoms with Gasteiger partial charge >= 0.3 is 5.69 Å². The van der Waals surface area contributed by atoms with Crippen molar-refractivity contribution in [3.8, 4) is 0 Å². The average Bonchev–Trinajstić information content (AvgIpc) is 2.82. The molecule has 0 aliphatic rings. The van der Waals surface area contributed by atoms with Crippen LogP contribution in [0.25, 0.3) is 0 Å². The number of nitrogens with one attached hydrogen (secondary N) is 1. The summed E-state index contributed by atoms with van der Waals surface area (Å²) in [6.07, 6.45) is 1.04. The molecule has 25 heavy (non-hydrogen) atoms. The van der Waals surface area contributed by atoms with Crippen LogP contribution in [-0.4, -0.2) is 27.3 Å². The van der Waals surface area contributed by atoms with Crippen LogP contribution in [0.4, 0.5) is 0 Å². The zero-order valence-electron chi connectivity index (χ0n) is 15.2. The van der Waals surface area contributed by atoms with Crippen LogP contribution in [0.1, 0.15) is 36.8 Å². The maximum absolute atomic E-state index is 12.7. The minimum atomic E-state index is -4.11. The van der Waals surface area contributed by atoms with Gasteiger partial charge in [0.15, 0.2) is 4.90 Å². The van der Waals surface area contributed by atoms with Gasteiger partial charge in [0, 0.05) is 44.1 Å². The summed E-state index contributed by atoms with van der Waals surface area (Å²) in [7, 11) is -1.48. The Hall–Kier alpha value is -2.20. The van der Waals surface area contributed by atoms with Crippen molar-refractivity contribution in [2.24, 2.45) is 14.1 Å². The molecule has 0 saturated carbocycles. The molecule has 0 bridgehead atoms. The largest absolute Gasteiger partial charge is 0.330 e. The van der Waals surface area contributed by atoms with Crippen molar-refractivity contribution in [2.75, 3.05) is 0 Å². The Morgan fingerprint density at radius 1 is 1.24 bits per heavy atom. The highest BCUT2D eigenvalue weighted by Gasteiger charge is 2.26. The summed E-state index contributed by atoms with van der Waals surface area (Å²) in [5.41, 5.74) is 0.909. The Labute approximate surface area is 146 Å². The van der Waals surface area contributed by atoms with E-state index in [9.17, 15) is 18.0 Å². The van der Waals surface area contributed by atoms with Crippen LogP contribution in [-0.2, 0) is 30.7 Å². The van der Waals surface area contributed by atoms with Gasteiger partial charge < -0.3 is 4.57 Å². The molecule has 0 saturated heterocycles. The molecule has 1 atom stereocenters. The molecular formula is C15H23N5O4S. The lowest BCUT2D eigenvalue weighted by Crippen LogP contribution is -2.41. The fourth-order valence-electron chi connectivity index (χ4n) is 2.96. The maximum Gasteiger partial charge on any atom is 0.330 e. The molecule has 1 N–H and O–H groups in total. The lowest BCUT2D eigenvalue weighted by molar-refractivity contribution is 0.556. The number of hydrogen-bond acceptors (Lipinski definition) is 5. The molecular weight excluding hydrogens is 346 g/mol. The normalized spacial score (nSPS) is 13.2. The van der Waals surface area contributed by atoms with Crippen LogP contribution in [0, 0.1) is 13.8 Å². The fourth-order valence-corrected chi connectivity index (χ4v) is 4.33. The van der Waals surface area contributed by atoms with Crippen LogP contribution >= 0.6 is 0 Å². The van der Waals surface area contributed by atoms with E-state index in [2.05, 4.69) is 9.82 Å². The number of rotatable bonds is 5. The van der Waals surface area contributed by atoms with Gasteiger partial charge in [0.1, 0.15) is 0 Å². The molecule has 0 aliphatic heterocycles. The van der Waals surface area contributed by atoms with Crippen molar-refractivity contribution in [1.29, 1.82) is 0 Å². The predicted octanol–water partition coefficient (Wildman–Crippen LogP) is -0.0433. The van der Waals surface area contributed by atoms with Crippen molar-refractivity contribution in [3.05, 3.63) is 44.0 Å². The van der Waals surface area contributed by atoms with Crippen LogP contribution in [0.15, 0.2) is 20.7 Å². The molecule has 2 aromatic rings. The first-order chi connectivity index (χ1) is 11.5. The zero-order chi connectivity index (χ0) is 19.1. The highest BCUT2D eigenvalue weighted by Crippen LogP contribution is 2.22. The Morgan fingerprint density at radius 2 is 1.84 bits per heavy atom. The number of aromatic nitrogens is 4. The van der Waals surface area contributed by atoms with Gasteiger partial charge in [-0.15, -0.1) is 0 Å². The Kier molecular flexibility index (Phi) is 5.05. The van der Waals surface area contributed by atoms with E-state index >= 15 is 0 Å². The van der Waals surface area contributed by atoms with E-state index < -0.39 is 32.2 Å². The molecule has 0 fully saturated rings. The van der Waals surface area contributed by atoms with Crippen molar-refractivity contribution in [3.63, 3.8) is 0 Å². The second kappa shape index (κ2) is 6.60. The molecule has 10 heteroatoms. The highest BCUT2D eigenvalue weighted by atomic mass is 32.2. The van der Waals surface area contributed by atoms with Crippen LogP contribution in [0.3, 0.4) is 0 Å². The van der Waals surface area contributed by atoms with E-state index in [4.69, 9.17) is 0 Å². The average molecular weight is 369 g/mol. The van der Waals surface area contributed by atoms with Gasteiger partial charge in [-0.2, -0.15) is 5.10 Å². The quantitative estimate of drug-likeness (QED) is 0.795. The van der Waals surface area contributed by atoms with Gasteiger partial charge in [-0.1, -0.05) is 0 Å². The summed E-state index contributed by atoms with van der Waals surface area (Å²) in [4.78, 5) is 23.5. The van der Waals surface area contributed by atoms with Gasteiger partial charge in [0.05, 0.1) is 5.69 Å². The molecule has 2 heterocycles. The topological polar surface area (TPSA) is 108 Å². The van der Waals surface area contributed by atoms with E-state index in [0.717, 1.165) is 32.3 Å². The zero-order valence-corrected chi connectivity index (χ0v) is 16.0. The molecule has 9 nitrogen and oxygen atoms in total. The van der Waals surface area contributed by atoms with Crippen molar-refractivity contribution >= 4 is 10.0 Å². The lowest BCUT2D eigenvalue weighted by Gasteiger charge is -2.16. The smallest absolute Gasteiger partial charge is 0.302 e. The van der Waals surface area contributed by atoms with Crippen LogP contribution in [0.2, 0.25) is 0 Å². The van der Waals surface area contributed by atoms with Crippen molar-refractivity contribution in [2.45, 2.75) is 45.2 Å². The van der Waals surface area contributed by atoms with Gasteiger partial charge in [-0.25, -0.2) is 17.9 Å². The number of aryl methyl sites for hydroxylation is 3. The molecule has 0 amide bonds. The molecule has 0 aliphatic carbocycles. The van der Waals surface area contributed by atoms with Gasteiger partial charge in [0.2, 0.25) is 10.0 Å². The highest BCUT2D eigenvalue weighted by molar-refractivity contribution is 7.89. The third-order valence-corrected chi connectivity index (χ3v) is 5.73. The second-order valence-electron chi connectivity index (χ2n) is 5.99. The molecule has 0 aromatic carbocycles. The van der Waals surface area contributed by atoms with Gasteiger partial charge in [-0.05, 0) is 27.7 Å². The third kappa shape index (κ3) is 3.31. The fraction of sp³-hybridized carbons (Fsp3) is 0.533. The maximum atomic E-state index is 12.7. The van der Waals surface area contributed by atoms with Gasteiger partial charge in [-0.3, -0.25) is 14.0 Å². The van der Waals surface area contributed by atoms with Crippen molar-refractivity contribution < 1.29 is 8.42 Å². The SMILES string of the molecule is CCn1nc(C)c(C(C)NS(=O)(=O)c2cn(C)c(=O)n(C)c2=O)c1C. The van der Waals surface area contributed by atoms with E-state index in [1.54, 1.807) is 11.6 Å². The molecule has 138 valence electrons. The summed E-state index contributed by atoms with van der Waals surface area (Å²) < 4.78 is 31.5. The molecule has 2 rings (SSSR count). The van der Waals surface area contributed by atoms with E-state index in [1.807, 2.05) is 20.8 Å². The summed E-state index contributed by atoms with van der Waals surface area (Å²) in [5, 5.41) is 4.38. The third-order valence-electron chi connectivity index (χ3n) is 4.21. The summed E-state index contributed by atoms with van der Waals surface area (Å²) >= 11 is 0. The Morgan fingerprint density at radius 3 is 2.36 bits per heavy atom. The first-order valence-electron chi connectivity index (χ1n) is 7.84. The number of sulfonamides is 1. The number of hydrogen-bond donors (Lipinski definition) is 1. The predicted molar refractivity (Wildman–Crippen MR) is 93.0 cm³/mol. The van der Waals surface area contributed by atoms with Crippen LogP contribution < -0.4 is 16.0 Å². The van der Waals surface area contributed by atoms with Gasteiger partial charge in [0.25, 0.3) is 5.56 Å². The first kappa shape index (κ1) is 19.1.